The van der Waals surface area contributed by atoms with Crippen molar-refractivity contribution in [2.75, 3.05) is 33.4 Å². The lowest BCUT2D eigenvalue weighted by atomic mass is 9.96. The van der Waals surface area contributed by atoms with Crippen LogP contribution >= 0.6 is 12.4 Å². The molecule has 26 heavy (non-hydrogen) atoms. The van der Waals surface area contributed by atoms with Crippen LogP contribution in [-0.4, -0.2) is 50.3 Å². The molecule has 0 aliphatic carbocycles. The van der Waals surface area contributed by atoms with E-state index in [1.807, 2.05) is 23.1 Å². The largest absolute Gasteiger partial charge is 0.496 e. The zero-order valence-electron chi connectivity index (χ0n) is 16.0. The molecule has 0 radical (unpaired) electrons. The summed E-state index contributed by atoms with van der Waals surface area (Å²) in [6.07, 6.45) is 4.47. The second-order valence-electron chi connectivity index (χ2n) is 6.92. The molecule has 1 aliphatic rings. The molecule has 1 heterocycles. The summed E-state index contributed by atoms with van der Waals surface area (Å²) in [6, 6.07) is 8.03. The first-order valence-electron chi connectivity index (χ1n) is 9.35. The third kappa shape index (κ3) is 7.14. The molecule has 148 valence electrons. The number of ether oxygens (including phenoxy) is 2. The highest BCUT2D eigenvalue weighted by molar-refractivity contribution is 5.85. The minimum Gasteiger partial charge on any atom is -0.496 e. The maximum absolute atomic E-state index is 12.6. The fourth-order valence-corrected chi connectivity index (χ4v) is 3.35. The summed E-state index contributed by atoms with van der Waals surface area (Å²) in [5.74, 6) is 1.45. The smallest absolute Gasteiger partial charge is 0.222 e. The van der Waals surface area contributed by atoms with E-state index in [4.69, 9.17) is 15.2 Å². The second kappa shape index (κ2) is 12.2. The predicted octanol–water partition coefficient (Wildman–Crippen LogP) is 3.04. The van der Waals surface area contributed by atoms with Gasteiger partial charge >= 0.3 is 0 Å². The number of nitrogens with two attached hydrogens (primary N) is 1. The van der Waals surface area contributed by atoms with Crippen molar-refractivity contribution < 1.29 is 14.3 Å². The van der Waals surface area contributed by atoms with E-state index in [0.717, 1.165) is 56.7 Å². The Labute approximate surface area is 163 Å². The van der Waals surface area contributed by atoms with E-state index in [1.54, 1.807) is 7.11 Å². The zero-order chi connectivity index (χ0) is 18.1. The molecule has 1 saturated heterocycles. The van der Waals surface area contributed by atoms with Gasteiger partial charge in [0, 0.05) is 26.1 Å². The van der Waals surface area contributed by atoms with Crippen LogP contribution in [0.2, 0.25) is 0 Å². The van der Waals surface area contributed by atoms with Crippen molar-refractivity contribution in [2.45, 2.75) is 45.1 Å². The maximum Gasteiger partial charge on any atom is 0.222 e. The van der Waals surface area contributed by atoms with Gasteiger partial charge in [0.15, 0.2) is 0 Å². The summed E-state index contributed by atoms with van der Waals surface area (Å²) >= 11 is 0. The SMILES string of the molecule is COc1ccccc1CC(C)CC(=O)N1CCC(OCCCN)CC1.Cl. The van der Waals surface area contributed by atoms with Gasteiger partial charge in [-0.05, 0) is 49.8 Å². The van der Waals surface area contributed by atoms with E-state index < -0.39 is 0 Å². The topological polar surface area (TPSA) is 64.8 Å². The van der Waals surface area contributed by atoms with E-state index in [-0.39, 0.29) is 24.4 Å². The van der Waals surface area contributed by atoms with E-state index >= 15 is 0 Å². The van der Waals surface area contributed by atoms with Gasteiger partial charge in [0.2, 0.25) is 5.91 Å². The van der Waals surface area contributed by atoms with Gasteiger partial charge < -0.3 is 20.1 Å². The molecule has 1 atom stereocenters. The molecule has 1 fully saturated rings. The van der Waals surface area contributed by atoms with Crippen LogP contribution in [0.4, 0.5) is 0 Å². The van der Waals surface area contributed by atoms with Crippen molar-refractivity contribution >= 4 is 18.3 Å². The number of rotatable bonds is 9. The van der Waals surface area contributed by atoms with Crippen LogP contribution in [0.25, 0.3) is 0 Å². The van der Waals surface area contributed by atoms with Gasteiger partial charge in [-0.25, -0.2) is 0 Å². The van der Waals surface area contributed by atoms with Crippen LogP contribution in [0.1, 0.15) is 38.2 Å². The molecular formula is C20H33ClN2O3. The van der Waals surface area contributed by atoms with Crippen LogP contribution in [-0.2, 0) is 16.0 Å². The molecule has 2 rings (SSSR count). The van der Waals surface area contributed by atoms with Crippen molar-refractivity contribution in [3.05, 3.63) is 29.8 Å². The van der Waals surface area contributed by atoms with E-state index in [2.05, 4.69) is 13.0 Å². The fourth-order valence-electron chi connectivity index (χ4n) is 3.35. The molecule has 1 unspecified atom stereocenters. The molecule has 1 aromatic carbocycles. The van der Waals surface area contributed by atoms with Crippen LogP contribution < -0.4 is 10.5 Å². The van der Waals surface area contributed by atoms with Crippen molar-refractivity contribution in [2.24, 2.45) is 11.7 Å². The number of hydrogen-bond donors (Lipinski definition) is 1. The number of likely N-dealkylation sites (tertiary alicyclic amines) is 1. The Morgan fingerprint density at radius 2 is 2.00 bits per heavy atom. The van der Waals surface area contributed by atoms with Crippen LogP contribution in [0, 0.1) is 5.92 Å². The Hall–Kier alpha value is -1.30. The quantitative estimate of drug-likeness (QED) is 0.664. The summed E-state index contributed by atoms with van der Waals surface area (Å²) in [5.41, 5.74) is 6.65. The highest BCUT2D eigenvalue weighted by Crippen LogP contribution is 2.23. The summed E-state index contributed by atoms with van der Waals surface area (Å²) in [6.45, 7) is 5.13. The summed E-state index contributed by atoms with van der Waals surface area (Å²) in [4.78, 5) is 14.5. The summed E-state index contributed by atoms with van der Waals surface area (Å²) in [5, 5.41) is 0. The van der Waals surface area contributed by atoms with E-state index in [1.165, 1.54) is 0 Å². The highest BCUT2D eigenvalue weighted by atomic mass is 35.5. The maximum atomic E-state index is 12.6. The van der Waals surface area contributed by atoms with Crippen LogP contribution in [0.5, 0.6) is 5.75 Å². The fraction of sp³-hybridized carbons (Fsp3) is 0.650. The number of methoxy groups -OCH3 is 1. The average molecular weight is 385 g/mol. The van der Waals surface area contributed by atoms with E-state index in [0.29, 0.717) is 18.9 Å². The first kappa shape index (κ1) is 22.7. The Morgan fingerprint density at radius 1 is 1.31 bits per heavy atom. The lowest BCUT2D eigenvalue weighted by molar-refractivity contribution is -0.134. The van der Waals surface area contributed by atoms with E-state index in [9.17, 15) is 4.79 Å². The molecule has 0 spiro atoms. The second-order valence-corrected chi connectivity index (χ2v) is 6.92. The van der Waals surface area contributed by atoms with Gasteiger partial charge in [0.25, 0.3) is 0 Å². The number of hydrogen-bond acceptors (Lipinski definition) is 4. The number of amides is 1. The van der Waals surface area contributed by atoms with Gasteiger partial charge in [0.1, 0.15) is 5.75 Å². The van der Waals surface area contributed by atoms with Crippen molar-refractivity contribution in [1.29, 1.82) is 0 Å². The van der Waals surface area contributed by atoms with Crippen LogP contribution in [0.15, 0.2) is 24.3 Å². The van der Waals surface area contributed by atoms with Crippen molar-refractivity contribution in [3.8, 4) is 5.75 Å². The first-order valence-corrected chi connectivity index (χ1v) is 9.35. The Morgan fingerprint density at radius 3 is 2.65 bits per heavy atom. The van der Waals surface area contributed by atoms with Crippen LogP contribution in [0.3, 0.4) is 0 Å². The number of piperidine rings is 1. The predicted molar refractivity (Wildman–Crippen MR) is 107 cm³/mol. The Kier molecular flexibility index (Phi) is 10.6. The lowest BCUT2D eigenvalue weighted by Gasteiger charge is -2.32. The minimum atomic E-state index is 0. The number of halogens is 1. The molecule has 5 nitrogen and oxygen atoms in total. The lowest BCUT2D eigenvalue weighted by Crippen LogP contribution is -2.41. The number of nitrogens with zero attached hydrogens (tertiary/aromatic N) is 1. The zero-order valence-corrected chi connectivity index (χ0v) is 16.8. The summed E-state index contributed by atoms with van der Waals surface area (Å²) in [7, 11) is 1.69. The monoisotopic (exact) mass is 384 g/mol. The van der Waals surface area contributed by atoms with Crippen molar-refractivity contribution in [1.82, 2.24) is 4.90 Å². The highest BCUT2D eigenvalue weighted by Gasteiger charge is 2.24. The van der Waals surface area contributed by atoms with Gasteiger partial charge in [-0.15, -0.1) is 12.4 Å². The molecular weight excluding hydrogens is 352 g/mol. The number of para-hydroxylation sites is 1. The van der Waals surface area contributed by atoms with Gasteiger partial charge in [-0.1, -0.05) is 25.1 Å². The molecule has 0 aromatic heterocycles. The Balaban J connectivity index is 0.00000338. The normalized spacial score (nSPS) is 16.0. The minimum absolute atomic E-state index is 0. The summed E-state index contributed by atoms with van der Waals surface area (Å²) < 4.78 is 11.2. The molecule has 2 N–H and O–H groups in total. The third-order valence-corrected chi connectivity index (χ3v) is 4.78. The third-order valence-electron chi connectivity index (χ3n) is 4.78. The molecule has 1 amide bonds. The van der Waals surface area contributed by atoms with Gasteiger partial charge in [-0.3, -0.25) is 4.79 Å². The number of carbonyl (C=O) groups is 1. The average Bonchev–Trinajstić information content (AvgIpc) is 2.63. The first-order chi connectivity index (χ1) is 12.1. The molecule has 1 aromatic rings. The van der Waals surface area contributed by atoms with Gasteiger partial charge in [0.05, 0.1) is 13.2 Å². The van der Waals surface area contributed by atoms with Crippen molar-refractivity contribution in [3.63, 3.8) is 0 Å². The number of carbonyl (C=O) groups excluding carboxylic acids is 1. The Bertz CT molecular complexity index is 534. The molecule has 0 bridgehead atoms. The number of benzene rings is 1. The standard InChI is InChI=1S/C20H32N2O3.ClH/c1-16(14-17-6-3-4-7-19(17)24-2)15-20(23)22-11-8-18(9-12-22)25-13-5-10-21;/h3-4,6-7,16,18H,5,8-15,21H2,1-2H3;1H. The molecule has 1 aliphatic heterocycles. The molecule has 6 heteroatoms. The molecule has 0 saturated carbocycles. The van der Waals surface area contributed by atoms with Gasteiger partial charge in [-0.2, -0.15) is 0 Å².